The molecule has 1 aliphatic rings. The van der Waals surface area contributed by atoms with E-state index in [9.17, 15) is 14.7 Å². The second-order valence-electron chi connectivity index (χ2n) is 6.22. The molecule has 0 radical (unpaired) electrons. The number of aryl methyl sites for hydroxylation is 2. The van der Waals surface area contributed by atoms with E-state index >= 15 is 0 Å². The number of nitrogens with zero attached hydrogens (tertiary/aromatic N) is 3. The maximum absolute atomic E-state index is 12.5. The van der Waals surface area contributed by atoms with Crippen LogP contribution in [0.25, 0.3) is 10.6 Å². The summed E-state index contributed by atoms with van der Waals surface area (Å²) in [5, 5.41) is 17.2. The van der Waals surface area contributed by atoms with Crippen LogP contribution in [0.4, 0.5) is 0 Å². The van der Waals surface area contributed by atoms with Crippen LogP contribution >= 0.6 is 11.3 Å². The zero-order valence-corrected chi connectivity index (χ0v) is 14.9. The summed E-state index contributed by atoms with van der Waals surface area (Å²) in [7, 11) is 1.82. The van der Waals surface area contributed by atoms with Gasteiger partial charge in [-0.05, 0) is 19.8 Å². The molecule has 25 heavy (non-hydrogen) atoms. The van der Waals surface area contributed by atoms with Crippen LogP contribution in [0.2, 0.25) is 0 Å². The van der Waals surface area contributed by atoms with Crippen molar-refractivity contribution in [2.45, 2.75) is 19.8 Å². The monoisotopic (exact) mass is 364 g/mol. The van der Waals surface area contributed by atoms with E-state index in [0.29, 0.717) is 36.6 Å². The van der Waals surface area contributed by atoms with Gasteiger partial charge in [0.05, 0.1) is 17.3 Å². The van der Waals surface area contributed by atoms with Gasteiger partial charge in [-0.25, -0.2) is 4.98 Å². The zero-order chi connectivity index (χ0) is 18.0. The van der Waals surface area contributed by atoms with Crippen LogP contribution < -0.4 is 5.32 Å². The maximum Gasteiger partial charge on any atom is 0.311 e. The lowest BCUT2D eigenvalue weighted by Gasteiger charge is -2.33. The van der Waals surface area contributed by atoms with Gasteiger partial charge in [-0.1, -0.05) is 0 Å². The predicted octanol–water partition coefficient (Wildman–Crippen LogP) is 1.46. The molecule has 1 saturated heterocycles. The van der Waals surface area contributed by atoms with Gasteiger partial charge in [0.1, 0.15) is 9.88 Å². The minimum absolute atomic E-state index is 0.0874. The number of thiazole rings is 1. The Morgan fingerprint density at radius 1 is 1.44 bits per heavy atom. The first-order valence-electron chi connectivity index (χ1n) is 7.97. The lowest BCUT2D eigenvalue weighted by Crippen LogP contribution is -2.46. The highest BCUT2D eigenvalue weighted by Crippen LogP contribution is 2.31. The standard InChI is InChI=1S/C16H20N4O4S/c1-10-12(25-14(19-10)11-7-18-20(2)8-11)13(21)17-9-16(15(22)23)3-5-24-6-4-16/h7-8H,3-6,9H2,1-2H3,(H,17,21)(H,22,23). The number of rotatable bonds is 5. The Kier molecular flexibility index (Phi) is 4.87. The van der Waals surface area contributed by atoms with Gasteiger partial charge in [0.2, 0.25) is 0 Å². The summed E-state index contributed by atoms with van der Waals surface area (Å²) >= 11 is 1.28. The Labute approximate surface area is 148 Å². The molecule has 2 aromatic rings. The largest absolute Gasteiger partial charge is 0.481 e. The number of ether oxygens (including phenoxy) is 1. The molecule has 8 nitrogen and oxygen atoms in total. The van der Waals surface area contributed by atoms with Crippen LogP contribution in [0.3, 0.4) is 0 Å². The molecule has 0 bridgehead atoms. The Hall–Kier alpha value is -2.26. The molecular formula is C16H20N4O4S. The SMILES string of the molecule is Cc1nc(-c2cnn(C)c2)sc1C(=O)NCC1(C(=O)O)CCOCC1. The van der Waals surface area contributed by atoms with E-state index in [1.165, 1.54) is 11.3 Å². The summed E-state index contributed by atoms with van der Waals surface area (Å²) in [5.41, 5.74) is 0.511. The van der Waals surface area contributed by atoms with Crippen molar-refractivity contribution in [3.63, 3.8) is 0 Å². The number of carbonyl (C=O) groups is 2. The third-order valence-electron chi connectivity index (χ3n) is 4.45. The highest BCUT2D eigenvalue weighted by atomic mass is 32.1. The van der Waals surface area contributed by atoms with Crippen LogP contribution in [0.1, 0.15) is 28.2 Å². The highest BCUT2D eigenvalue weighted by molar-refractivity contribution is 7.17. The van der Waals surface area contributed by atoms with Crippen molar-refractivity contribution >= 4 is 23.2 Å². The normalized spacial score (nSPS) is 16.6. The molecule has 0 aliphatic carbocycles. The molecule has 0 unspecified atom stereocenters. The van der Waals surface area contributed by atoms with E-state index < -0.39 is 11.4 Å². The van der Waals surface area contributed by atoms with Gasteiger partial charge in [-0.15, -0.1) is 11.3 Å². The second-order valence-corrected chi connectivity index (χ2v) is 7.22. The number of hydrogen-bond donors (Lipinski definition) is 2. The lowest BCUT2D eigenvalue weighted by molar-refractivity contribution is -0.154. The summed E-state index contributed by atoms with van der Waals surface area (Å²) < 4.78 is 6.92. The van der Waals surface area contributed by atoms with E-state index in [1.54, 1.807) is 17.8 Å². The van der Waals surface area contributed by atoms with Gasteiger partial charge < -0.3 is 15.2 Å². The third-order valence-corrected chi connectivity index (χ3v) is 5.65. The molecule has 0 atom stereocenters. The van der Waals surface area contributed by atoms with Crippen LogP contribution in [0.5, 0.6) is 0 Å². The molecule has 1 amide bonds. The maximum atomic E-state index is 12.5. The van der Waals surface area contributed by atoms with Gasteiger partial charge in [-0.3, -0.25) is 14.3 Å². The van der Waals surface area contributed by atoms with Crippen molar-refractivity contribution in [2.75, 3.05) is 19.8 Å². The zero-order valence-electron chi connectivity index (χ0n) is 14.1. The van der Waals surface area contributed by atoms with Crippen LogP contribution in [0.15, 0.2) is 12.4 Å². The Morgan fingerprint density at radius 2 is 2.16 bits per heavy atom. The molecule has 0 spiro atoms. The van der Waals surface area contributed by atoms with Crippen LogP contribution in [-0.2, 0) is 16.6 Å². The number of carboxylic acid groups (broad SMARTS) is 1. The van der Waals surface area contributed by atoms with Gasteiger partial charge in [-0.2, -0.15) is 5.10 Å². The quantitative estimate of drug-likeness (QED) is 0.832. The van der Waals surface area contributed by atoms with Crippen molar-refractivity contribution in [3.05, 3.63) is 23.0 Å². The molecule has 3 rings (SSSR count). The molecule has 2 aromatic heterocycles. The van der Waals surface area contributed by atoms with Crippen molar-refractivity contribution in [1.29, 1.82) is 0 Å². The Bertz CT molecular complexity index is 792. The summed E-state index contributed by atoms with van der Waals surface area (Å²) in [4.78, 5) is 29.1. The third kappa shape index (κ3) is 3.57. The van der Waals surface area contributed by atoms with E-state index in [0.717, 1.165) is 10.6 Å². The summed E-state index contributed by atoms with van der Waals surface area (Å²) in [6.45, 7) is 2.65. The molecule has 9 heteroatoms. The number of amides is 1. The first kappa shape index (κ1) is 17.6. The average molecular weight is 364 g/mol. The summed E-state index contributed by atoms with van der Waals surface area (Å²) in [6, 6.07) is 0. The molecule has 1 aliphatic heterocycles. The number of aliphatic carboxylic acids is 1. The number of carbonyl (C=O) groups excluding carboxylic acids is 1. The Balaban J connectivity index is 1.73. The van der Waals surface area contributed by atoms with E-state index in [2.05, 4.69) is 15.4 Å². The molecule has 2 N–H and O–H groups in total. The number of aromatic nitrogens is 3. The van der Waals surface area contributed by atoms with Gasteiger partial charge in [0.25, 0.3) is 5.91 Å². The van der Waals surface area contributed by atoms with E-state index in [4.69, 9.17) is 4.74 Å². The molecule has 0 aromatic carbocycles. The predicted molar refractivity (Wildman–Crippen MR) is 91.5 cm³/mol. The van der Waals surface area contributed by atoms with Crippen LogP contribution in [0, 0.1) is 12.3 Å². The summed E-state index contributed by atoms with van der Waals surface area (Å²) in [6.07, 6.45) is 4.32. The van der Waals surface area contributed by atoms with Gasteiger partial charge in [0, 0.05) is 38.6 Å². The van der Waals surface area contributed by atoms with Crippen molar-refractivity contribution in [1.82, 2.24) is 20.1 Å². The average Bonchev–Trinajstić information content (AvgIpc) is 3.19. The fourth-order valence-electron chi connectivity index (χ4n) is 2.82. The topological polar surface area (TPSA) is 106 Å². The molecule has 1 fully saturated rings. The lowest BCUT2D eigenvalue weighted by atomic mass is 9.80. The fraction of sp³-hybridized carbons (Fsp3) is 0.500. The van der Waals surface area contributed by atoms with E-state index in [-0.39, 0.29) is 12.5 Å². The van der Waals surface area contributed by atoms with Gasteiger partial charge in [0.15, 0.2) is 0 Å². The molecule has 134 valence electrons. The fourth-order valence-corrected chi connectivity index (χ4v) is 3.78. The molecule has 3 heterocycles. The van der Waals surface area contributed by atoms with Crippen molar-refractivity contribution in [3.8, 4) is 10.6 Å². The van der Waals surface area contributed by atoms with Crippen LogP contribution in [-0.4, -0.2) is 51.5 Å². The number of nitrogens with one attached hydrogen (secondary N) is 1. The summed E-state index contributed by atoms with van der Waals surface area (Å²) in [5.74, 6) is -1.19. The van der Waals surface area contributed by atoms with Crippen molar-refractivity contribution < 1.29 is 19.4 Å². The first-order chi connectivity index (χ1) is 11.9. The second kappa shape index (κ2) is 6.93. The Morgan fingerprint density at radius 3 is 2.76 bits per heavy atom. The highest BCUT2D eigenvalue weighted by Gasteiger charge is 2.40. The smallest absolute Gasteiger partial charge is 0.311 e. The molecular weight excluding hydrogens is 344 g/mol. The number of hydrogen-bond acceptors (Lipinski definition) is 6. The number of carboxylic acids is 1. The van der Waals surface area contributed by atoms with Crippen molar-refractivity contribution in [2.24, 2.45) is 12.5 Å². The first-order valence-corrected chi connectivity index (χ1v) is 8.79. The van der Waals surface area contributed by atoms with Gasteiger partial charge >= 0.3 is 5.97 Å². The minimum atomic E-state index is -0.960. The minimum Gasteiger partial charge on any atom is -0.481 e. The van der Waals surface area contributed by atoms with E-state index in [1.807, 2.05) is 13.2 Å². The molecule has 0 saturated carbocycles.